The molecule has 5 heteroatoms. The fourth-order valence-electron chi connectivity index (χ4n) is 2.80. The largest absolute Gasteiger partial charge is 0.367 e. The summed E-state index contributed by atoms with van der Waals surface area (Å²) in [6, 6.07) is 14.2. The SMILES string of the molecule is CC1CN(C(=O)c2cc(F)ccc2I)CC(c2ccccc2)O1. The van der Waals surface area contributed by atoms with Crippen molar-refractivity contribution in [2.45, 2.75) is 19.1 Å². The summed E-state index contributed by atoms with van der Waals surface area (Å²) in [7, 11) is 0. The molecule has 2 aromatic rings. The molecule has 1 aliphatic heterocycles. The molecule has 23 heavy (non-hydrogen) atoms. The first kappa shape index (κ1) is 16.4. The van der Waals surface area contributed by atoms with Crippen molar-refractivity contribution < 1.29 is 13.9 Å². The van der Waals surface area contributed by atoms with E-state index in [1.165, 1.54) is 12.1 Å². The summed E-state index contributed by atoms with van der Waals surface area (Å²) >= 11 is 2.07. The van der Waals surface area contributed by atoms with Crippen LogP contribution in [0.5, 0.6) is 0 Å². The second-order valence-corrected chi connectivity index (χ2v) is 6.84. The van der Waals surface area contributed by atoms with Crippen LogP contribution in [0.1, 0.15) is 28.9 Å². The van der Waals surface area contributed by atoms with E-state index in [2.05, 4.69) is 22.6 Å². The lowest BCUT2D eigenvalue weighted by Crippen LogP contribution is -2.46. The number of carbonyl (C=O) groups is 1. The van der Waals surface area contributed by atoms with Gasteiger partial charge in [0.05, 0.1) is 18.2 Å². The predicted octanol–water partition coefficient (Wildman–Crippen LogP) is 4.03. The van der Waals surface area contributed by atoms with Gasteiger partial charge in [-0.1, -0.05) is 30.3 Å². The molecule has 120 valence electrons. The summed E-state index contributed by atoms with van der Waals surface area (Å²) in [4.78, 5) is 14.5. The van der Waals surface area contributed by atoms with Crippen LogP contribution in [0.4, 0.5) is 4.39 Å². The molecular weight excluding hydrogens is 408 g/mol. The molecule has 1 fully saturated rings. The van der Waals surface area contributed by atoms with E-state index in [4.69, 9.17) is 4.74 Å². The summed E-state index contributed by atoms with van der Waals surface area (Å²) < 4.78 is 20.2. The molecule has 2 atom stereocenters. The number of nitrogens with zero attached hydrogens (tertiary/aromatic N) is 1. The number of hydrogen-bond acceptors (Lipinski definition) is 2. The van der Waals surface area contributed by atoms with Crippen LogP contribution in [-0.4, -0.2) is 30.0 Å². The van der Waals surface area contributed by atoms with Crippen molar-refractivity contribution in [2.24, 2.45) is 0 Å². The molecule has 0 aromatic heterocycles. The van der Waals surface area contributed by atoms with E-state index < -0.39 is 5.82 Å². The molecule has 0 bridgehead atoms. The average molecular weight is 425 g/mol. The highest BCUT2D eigenvalue weighted by molar-refractivity contribution is 14.1. The van der Waals surface area contributed by atoms with Gasteiger partial charge in [0.25, 0.3) is 5.91 Å². The fourth-order valence-corrected chi connectivity index (χ4v) is 3.37. The Labute approximate surface area is 148 Å². The molecule has 1 heterocycles. The van der Waals surface area contributed by atoms with Crippen LogP contribution >= 0.6 is 22.6 Å². The van der Waals surface area contributed by atoms with Crippen LogP contribution in [-0.2, 0) is 4.74 Å². The third-order valence-electron chi connectivity index (χ3n) is 3.88. The maximum absolute atomic E-state index is 13.5. The average Bonchev–Trinajstić information content (AvgIpc) is 2.56. The lowest BCUT2D eigenvalue weighted by molar-refractivity contribution is -0.0692. The molecule has 2 aromatic carbocycles. The number of rotatable bonds is 2. The van der Waals surface area contributed by atoms with E-state index in [9.17, 15) is 9.18 Å². The number of carbonyl (C=O) groups excluding carboxylic acids is 1. The number of halogens is 2. The van der Waals surface area contributed by atoms with Gasteiger partial charge < -0.3 is 9.64 Å². The molecule has 0 N–H and O–H groups in total. The highest BCUT2D eigenvalue weighted by Crippen LogP contribution is 2.27. The third-order valence-corrected chi connectivity index (χ3v) is 4.82. The van der Waals surface area contributed by atoms with Crippen LogP contribution in [0.3, 0.4) is 0 Å². The second-order valence-electron chi connectivity index (χ2n) is 5.68. The number of morpholine rings is 1. The predicted molar refractivity (Wildman–Crippen MR) is 94.8 cm³/mol. The minimum absolute atomic E-state index is 0.0656. The molecule has 0 aliphatic carbocycles. The lowest BCUT2D eigenvalue weighted by atomic mass is 10.1. The number of hydrogen-bond donors (Lipinski definition) is 0. The van der Waals surface area contributed by atoms with Crippen LogP contribution in [0, 0.1) is 9.39 Å². The van der Waals surface area contributed by atoms with Gasteiger partial charge in [-0.2, -0.15) is 0 Å². The van der Waals surface area contributed by atoms with Crippen LogP contribution in [0.2, 0.25) is 0 Å². The Balaban J connectivity index is 1.84. The Bertz CT molecular complexity index is 707. The fraction of sp³-hybridized carbons (Fsp3) is 0.278. The molecule has 1 amide bonds. The van der Waals surface area contributed by atoms with Crippen molar-refractivity contribution in [2.75, 3.05) is 13.1 Å². The van der Waals surface area contributed by atoms with Crippen LogP contribution in [0.25, 0.3) is 0 Å². The molecule has 0 spiro atoms. The minimum Gasteiger partial charge on any atom is -0.367 e. The van der Waals surface area contributed by atoms with Crippen molar-refractivity contribution in [1.82, 2.24) is 4.90 Å². The molecule has 1 aliphatic rings. The van der Waals surface area contributed by atoms with Gasteiger partial charge in [0.1, 0.15) is 11.9 Å². The first-order valence-electron chi connectivity index (χ1n) is 7.49. The molecule has 2 unspecified atom stereocenters. The number of benzene rings is 2. The van der Waals surface area contributed by atoms with Crippen molar-refractivity contribution in [3.05, 3.63) is 69.0 Å². The summed E-state index contributed by atoms with van der Waals surface area (Å²) in [5.74, 6) is -0.542. The van der Waals surface area contributed by atoms with Gasteiger partial charge in [-0.3, -0.25) is 4.79 Å². The number of amides is 1. The molecule has 0 radical (unpaired) electrons. The van der Waals surface area contributed by atoms with Gasteiger partial charge in [0, 0.05) is 10.1 Å². The third kappa shape index (κ3) is 3.72. The van der Waals surface area contributed by atoms with Gasteiger partial charge >= 0.3 is 0 Å². The summed E-state index contributed by atoms with van der Waals surface area (Å²) in [6.45, 7) is 2.93. The molecule has 1 saturated heterocycles. The van der Waals surface area contributed by atoms with E-state index in [-0.39, 0.29) is 18.1 Å². The standard InChI is InChI=1S/C18H17FINO2/c1-12-10-21(11-17(23-12)13-5-3-2-4-6-13)18(22)15-9-14(19)7-8-16(15)20/h2-9,12,17H,10-11H2,1H3. The van der Waals surface area contributed by atoms with Crippen molar-refractivity contribution in [3.8, 4) is 0 Å². The highest BCUT2D eigenvalue weighted by Gasteiger charge is 2.30. The first-order valence-corrected chi connectivity index (χ1v) is 8.57. The van der Waals surface area contributed by atoms with Crippen molar-refractivity contribution in [1.29, 1.82) is 0 Å². The monoisotopic (exact) mass is 425 g/mol. The molecule has 3 rings (SSSR count). The van der Waals surface area contributed by atoms with Crippen molar-refractivity contribution in [3.63, 3.8) is 0 Å². The second kappa shape index (κ2) is 6.97. The first-order chi connectivity index (χ1) is 11.0. The van der Waals surface area contributed by atoms with Crippen LogP contribution in [0.15, 0.2) is 48.5 Å². The van der Waals surface area contributed by atoms with E-state index in [0.717, 1.165) is 9.13 Å². The highest BCUT2D eigenvalue weighted by atomic mass is 127. The summed E-state index contributed by atoms with van der Waals surface area (Å²) in [6.07, 6.45) is -0.223. The maximum atomic E-state index is 13.5. The zero-order valence-electron chi connectivity index (χ0n) is 12.7. The minimum atomic E-state index is -0.394. The molecule has 3 nitrogen and oxygen atoms in total. The van der Waals surface area contributed by atoms with E-state index in [1.54, 1.807) is 11.0 Å². The van der Waals surface area contributed by atoms with E-state index in [0.29, 0.717) is 18.7 Å². The van der Waals surface area contributed by atoms with Gasteiger partial charge in [-0.25, -0.2) is 4.39 Å². The Hall–Kier alpha value is -1.47. The normalized spacial score (nSPS) is 21.3. The molecule has 0 saturated carbocycles. The summed E-state index contributed by atoms with van der Waals surface area (Å²) in [5, 5.41) is 0. The van der Waals surface area contributed by atoms with Crippen molar-refractivity contribution >= 4 is 28.5 Å². The Morgan fingerprint density at radius 2 is 1.96 bits per heavy atom. The zero-order chi connectivity index (χ0) is 16.4. The van der Waals surface area contributed by atoms with Gasteiger partial charge in [-0.05, 0) is 53.3 Å². The van der Waals surface area contributed by atoms with E-state index in [1.807, 2.05) is 37.3 Å². The zero-order valence-corrected chi connectivity index (χ0v) is 14.9. The van der Waals surface area contributed by atoms with Gasteiger partial charge in [0.15, 0.2) is 0 Å². The topological polar surface area (TPSA) is 29.5 Å². The summed E-state index contributed by atoms with van der Waals surface area (Å²) in [5.41, 5.74) is 1.46. The number of ether oxygens (including phenoxy) is 1. The maximum Gasteiger partial charge on any atom is 0.255 e. The Morgan fingerprint density at radius 3 is 2.70 bits per heavy atom. The van der Waals surface area contributed by atoms with Gasteiger partial charge in [-0.15, -0.1) is 0 Å². The lowest BCUT2D eigenvalue weighted by Gasteiger charge is -2.37. The Morgan fingerprint density at radius 1 is 1.22 bits per heavy atom. The van der Waals surface area contributed by atoms with Crippen LogP contribution < -0.4 is 0 Å². The molecular formula is C18H17FINO2. The Kier molecular flexibility index (Phi) is 4.96. The van der Waals surface area contributed by atoms with Gasteiger partial charge in [0.2, 0.25) is 0 Å². The van der Waals surface area contributed by atoms with E-state index >= 15 is 0 Å². The smallest absolute Gasteiger partial charge is 0.255 e. The quantitative estimate of drug-likeness (QED) is 0.681.